The number of carbonyl (C=O) groups excluding carboxylic acids is 1. The molecule has 0 bridgehead atoms. The molecule has 0 fully saturated rings. The lowest BCUT2D eigenvalue weighted by Crippen LogP contribution is -2.34. The van der Waals surface area contributed by atoms with Crippen molar-refractivity contribution in [2.45, 2.75) is 33.0 Å². The number of urea groups is 1. The van der Waals surface area contributed by atoms with Gasteiger partial charge in [0.2, 0.25) is 0 Å². The number of benzene rings is 2. The fourth-order valence-electron chi connectivity index (χ4n) is 2.56. The molecule has 2 aromatic carbocycles. The summed E-state index contributed by atoms with van der Waals surface area (Å²) >= 11 is 0. The number of nitrogens with zero attached hydrogens (tertiary/aromatic N) is 2. The zero-order valence-corrected chi connectivity index (χ0v) is 15.6. The van der Waals surface area contributed by atoms with Gasteiger partial charge in [0.05, 0.1) is 18.0 Å². The van der Waals surface area contributed by atoms with Gasteiger partial charge in [-0.25, -0.2) is 9.48 Å². The summed E-state index contributed by atoms with van der Waals surface area (Å²) in [6.45, 7) is 4.85. The molecule has 3 aromatic rings. The molecule has 27 heavy (non-hydrogen) atoms. The van der Waals surface area contributed by atoms with Crippen LogP contribution in [0.5, 0.6) is 5.75 Å². The lowest BCUT2D eigenvalue weighted by atomic mass is 10.2. The first kappa shape index (κ1) is 18.5. The topological polar surface area (TPSA) is 68.2 Å². The van der Waals surface area contributed by atoms with Crippen LogP contribution in [0.15, 0.2) is 67.0 Å². The highest BCUT2D eigenvalue weighted by atomic mass is 16.5. The van der Waals surface area contributed by atoms with Crippen molar-refractivity contribution in [3.05, 3.63) is 78.1 Å². The molecule has 0 aliphatic rings. The van der Waals surface area contributed by atoms with Crippen LogP contribution in [0, 0.1) is 0 Å². The molecular weight excluding hydrogens is 340 g/mol. The number of carbonyl (C=O) groups is 1. The van der Waals surface area contributed by atoms with Crippen molar-refractivity contribution in [2.24, 2.45) is 0 Å². The van der Waals surface area contributed by atoms with Crippen molar-refractivity contribution >= 4 is 6.03 Å². The maximum absolute atomic E-state index is 12.0. The van der Waals surface area contributed by atoms with Crippen LogP contribution in [0.2, 0.25) is 0 Å². The van der Waals surface area contributed by atoms with Crippen molar-refractivity contribution in [1.82, 2.24) is 20.4 Å². The van der Waals surface area contributed by atoms with Crippen LogP contribution >= 0.6 is 0 Å². The summed E-state index contributed by atoms with van der Waals surface area (Å²) in [4.78, 5) is 12.0. The molecule has 6 nitrogen and oxygen atoms in total. The predicted octanol–water partition coefficient (Wildman–Crippen LogP) is 3.66. The maximum Gasteiger partial charge on any atom is 0.315 e. The molecule has 0 saturated heterocycles. The minimum Gasteiger partial charge on any atom is -0.491 e. The first-order valence-electron chi connectivity index (χ1n) is 8.96. The third-order valence-electron chi connectivity index (χ3n) is 3.86. The SMILES string of the molecule is CC(C)Oc1ccc(CNC(=O)NCc2cnn(-c3ccccc3)c2)cc1. The third-order valence-corrected chi connectivity index (χ3v) is 3.86. The zero-order chi connectivity index (χ0) is 19.1. The molecular formula is C21H24N4O2. The monoisotopic (exact) mass is 364 g/mol. The number of ether oxygens (including phenoxy) is 1. The smallest absolute Gasteiger partial charge is 0.315 e. The standard InChI is InChI=1S/C21H24N4O2/c1-16(2)27-20-10-8-17(9-11-20)12-22-21(26)23-13-18-14-24-25(15-18)19-6-4-3-5-7-19/h3-11,14-16H,12-13H2,1-2H3,(H2,22,23,26). The summed E-state index contributed by atoms with van der Waals surface area (Å²) in [5, 5.41) is 10.0. The molecule has 0 radical (unpaired) electrons. The number of hydrogen-bond acceptors (Lipinski definition) is 3. The normalized spacial score (nSPS) is 10.6. The minimum absolute atomic E-state index is 0.144. The Morgan fingerprint density at radius 2 is 1.67 bits per heavy atom. The van der Waals surface area contributed by atoms with Crippen molar-refractivity contribution in [1.29, 1.82) is 0 Å². The Bertz CT molecular complexity index is 857. The van der Waals surface area contributed by atoms with E-state index in [9.17, 15) is 4.79 Å². The van der Waals surface area contributed by atoms with Crippen LogP contribution in [-0.4, -0.2) is 21.9 Å². The Balaban J connectivity index is 1.44. The van der Waals surface area contributed by atoms with Gasteiger partial charge in [-0.2, -0.15) is 5.10 Å². The molecule has 0 saturated carbocycles. The van der Waals surface area contributed by atoms with E-state index in [-0.39, 0.29) is 12.1 Å². The summed E-state index contributed by atoms with van der Waals surface area (Å²) in [7, 11) is 0. The number of hydrogen-bond donors (Lipinski definition) is 2. The quantitative estimate of drug-likeness (QED) is 0.672. The average Bonchev–Trinajstić information content (AvgIpc) is 3.15. The molecule has 0 aliphatic heterocycles. The van der Waals surface area contributed by atoms with Gasteiger partial charge in [0, 0.05) is 24.8 Å². The van der Waals surface area contributed by atoms with Gasteiger partial charge in [-0.15, -0.1) is 0 Å². The summed E-state index contributed by atoms with van der Waals surface area (Å²) in [5.74, 6) is 0.827. The van der Waals surface area contributed by atoms with Gasteiger partial charge >= 0.3 is 6.03 Å². The molecule has 6 heteroatoms. The highest BCUT2D eigenvalue weighted by Gasteiger charge is 2.04. The molecule has 0 aliphatic carbocycles. The second kappa shape index (κ2) is 8.89. The van der Waals surface area contributed by atoms with E-state index >= 15 is 0 Å². The number of amides is 2. The van der Waals surface area contributed by atoms with Crippen molar-refractivity contribution < 1.29 is 9.53 Å². The van der Waals surface area contributed by atoms with E-state index < -0.39 is 0 Å². The van der Waals surface area contributed by atoms with E-state index in [2.05, 4.69) is 15.7 Å². The molecule has 0 spiro atoms. The van der Waals surface area contributed by atoms with Crippen molar-refractivity contribution in [3.63, 3.8) is 0 Å². The summed E-state index contributed by atoms with van der Waals surface area (Å²) in [6.07, 6.45) is 3.80. The van der Waals surface area contributed by atoms with Gasteiger partial charge in [-0.3, -0.25) is 0 Å². The second-order valence-corrected chi connectivity index (χ2v) is 6.48. The third kappa shape index (κ3) is 5.60. The van der Waals surface area contributed by atoms with E-state index in [4.69, 9.17) is 4.74 Å². The van der Waals surface area contributed by atoms with Crippen LogP contribution < -0.4 is 15.4 Å². The van der Waals surface area contributed by atoms with E-state index in [1.807, 2.05) is 74.6 Å². The fraction of sp³-hybridized carbons (Fsp3) is 0.238. The van der Waals surface area contributed by atoms with Gasteiger partial charge in [-0.1, -0.05) is 30.3 Å². The van der Waals surface area contributed by atoms with Gasteiger partial charge in [-0.05, 0) is 43.7 Å². The number of para-hydroxylation sites is 1. The van der Waals surface area contributed by atoms with E-state index in [0.717, 1.165) is 22.6 Å². The highest BCUT2D eigenvalue weighted by molar-refractivity contribution is 5.73. The summed E-state index contributed by atoms with van der Waals surface area (Å²) < 4.78 is 7.40. The Kier molecular flexibility index (Phi) is 6.10. The lowest BCUT2D eigenvalue weighted by Gasteiger charge is -2.10. The van der Waals surface area contributed by atoms with Crippen LogP contribution in [0.1, 0.15) is 25.0 Å². The van der Waals surface area contributed by atoms with E-state index in [1.165, 1.54) is 0 Å². The zero-order valence-electron chi connectivity index (χ0n) is 15.6. The Morgan fingerprint density at radius 1 is 1.00 bits per heavy atom. The number of aromatic nitrogens is 2. The Morgan fingerprint density at radius 3 is 2.33 bits per heavy atom. The molecule has 2 amide bonds. The Labute approximate surface area is 159 Å². The van der Waals surface area contributed by atoms with Crippen LogP contribution in [0.3, 0.4) is 0 Å². The largest absolute Gasteiger partial charge is 0.491 e. The molecule has 1 aromatic heterocycles. The van der Waals surface area contributed by atoms with Gasteiger partial charge in [0.15, 0.2) is 0 Å². The highest BCUT2D eigenvalue weighted by Crippen LogP contribution is 2.13. The summed E-state index contributed by atoms with van der Waals surface area (Å²) in [6, 6.07) is 17.3. The van der Waals surface area contributed by atoms with Crippen molar-refractivity contribution in [3.8, 4) is 11.4 Å². The number of rotatable bonds is 7. The lowest BCUT2D eigenvalue weighted by molar-refractivity contribution is 0.240. The van der Waals surface area contributed by atoms with Gasteiger partial charge < -0.3 is 15.4 Å². The summed E-state index contributed by atoms with van der Waals surface area (Å²) in [5.41, 5.74) is 2.93. The van der Waals surface area contributed by atoms with Gasteiger partial charge in [0.1, 0.15) is 5.75 Å². The van der Waals surface area contributed by atoms with E-state index in [1.54, 1.807) is 10.9 Å². The van der Waals surface area contributed by atoms with Gasteiger partial charge in [0.25, 0.3) is 0 Å². The first-order valence-corrected chi connectivity index (χ1v) is 8.96. The molecule has 0 unspecified atom stereocenters. The maximum atomic E-state index is 12.0. The second-order valence-electron chi connectivity index (χ2n) is 6.48. The first-order chi connectivity index (χ1) is 13.1. The molecule has 2 N–H and O–H groups in total. The van der Waals surface area contributed by atoms with Crippen LogP contribution in [-0.2, 0) is 13.1 Å². The van der Waals surface area contributed by atoms with E-state index in [0.29, 0.717) is 13.1 Å². The van der Waals surface area contributed by atoms with Crippen molar-refractivity contribution in [2.75, 3.05) is 0 Å². The molecule has 1 heterocycles. The molecule has 0 atom stereocenters. The minimum atomic E-state index is -0.218. The Hall–Kier alpha value is -3.28. The molecule has 3 rings (SSSR count). The van der Waals surface area contributed by atoms with Crippen LogP contribution in [0.25, 0.3) is 5.69 Å². The number of nitrogens with one attached hydrogen (secondary N) is 2. The van der Waals surface area contributed by atoms with Crippen LogP contribution in [0.4, 0.5) is 4.79 Å². The molecule has 140 valence electrons. The predicted molar refractivity (Wildman–Crippen MR) is 105 cm³/mol. The average molecular weight is 364 g/mol. The fourth-order valence-corrected chi connectivity index (χ4v) is 2.56.